The Kier molecular flexibility index (Phi) is 5.12. The Balaban J connectivity index is 1.30. The summed E-state index contributed by atoms with van der Waals surface area (Å²) >= 11 is 0. The van der Waals surface area contributed by atoms with Gasteiger partial charge in [-0.3, -0.25) is 9.59 Å². The molecule has 32 heavy (non-hydrogen) atoms. The van der Waals surface area contributed by atoms with E-state index in [2.05, 4.69) is 0 Å². The van der Waals surface area contributed by atoms with Crippen molar-refractivity contribution in [3.05, 3.63) is 65.2 Å². The Morgan fingerprint density at radius 2 is 1.81 bits per heavy atom. The average Bonchev–Trinajstić information content (AvgIpc) is 3.31. The lowest BCUT2D eigenvalue weighted by Crippen LogP contribution is -2.51. The van der Waals surface area contributed by atoms with Crippen LogP contribution in [-0.2, 0) is 9.53 Å². The van der Waals surface area contributed by atoms with Crippen LogP contribution in [0.4, 0.5) is 8.78 Å². The van der Waals surface area contributed by atoms with Gasteiger partial charge < -0.3 is 19.3 Å². The number of amides is 2. The zero-order valence-corrected chi connectivity index (χ0v) is 17.7. The van der Waals surface area contributed by atoms with Crippen LogP contribution in [-0.4, -0.2) is 53.6 Å². The molecule has 0 saturated carbocycles. The Hall–Kier alpha value is -3.00. The van der Waals surface area contributed by atoms with Gasteiger partial charge in [0.25, 0.3) is 11.8 Å². The minimum atomic E-state index is -0.986. The third kappa shape index (κ3) is 3.43. The van der Waals surface area contributed by atoms with Crippen molar-refractivity contribution in [2.24, 2.45) is 0 Å². The molecule has 2 unspecified atom stereocenters. The van der Waals surface area contributed by atoms with Crippen LogP contribution in [0.15, 0.2) is 42.5 Å². The van der Waals surface area contributed by atoms with Crippen LogP contribution in [0.5, 0.6) is 5.75 Å². The van der Waals surface area contributed by atoms with Crippen LogP contribution < -0.4 is 4.74 Å². The van der Waals surface area contributed by atoms with Gasteiger partial charge in [0.15, 0.2) is 5.60 Å². The van der Waals surface area contributed by atoms with E-state index < -0.39 is 29.5 Å². The van der Waals surface area contributed by atoms with E-state index in [1.807, 2.05) is 0 Å². The molecule has 5 rings (SSSR count). The van der Waals surface area contributed by atoms with E-state index in [1.165, 1.54) is 12.1 Å². The number of piperidine rings is 1. The molecule has 0 bridgehead atoms. The summed E-state index contributed by atoms with van der Waals surface area (Å²) in [7, 11) is 1.55. The molecule has 0 aliphatic carbocycles. The first kappa shape index (κ1) is 20.9. The van der Waals surface area contributed by atoms with Gasteiger partial charge in [0.05, 0.1) is 13.2 Å². The van der Waals surface area contributed by atoms with E-state index in [0.717, 1.165) is 6.07 Å². The van der Waals surface area contributed by atoms with Gasteiger partial charge in [0.2, 0.25) is 0 Å². The highest BCUT2D eigenvalue weighted by Crippen LogP contribution is 2.47. The van der Waals surface area contributed by atoms with E-state index in [4.69, 9.17) is 9.47 Å². The molecule has 6 nitrogen and oxygen atoms in total. The fraction of sp³-hybridized carbons (Fsp3) is 0.417. The van der Waals surface area contributed by atoms with E-state index >= 15 is 0 Å². The molecule has 3 aliphatic heterocycles. The summed E-state index contributed by atoms with van der Waals surface area (Å²) in [5.74, 6) is -0.967. The molecule has 3 fully saturated rings. The number of likely N-dealkylation sites (tertiary alicyclic amines) is 1. The number of rotatable bonds is 3. The maximum Gasteiger partial charge on any atom is 0.257 e. The normalized spacial score (nSPS) is 24.2. The Morgan fingerprint density at radius 1 is 1.09 bits per heavy atom. The molecule has 168 valence electrons. The van der Waals surface area contributed by atoms with Crippen molar-refractivity contribution in [3.63, 3.8) is 0 Å². The molecule has 0 aromatic heterocycles. The van der Waals surface area contributed by atoms with Gasteiger partial charge in [0, 0.05) is 37.6 Å². The van der Waals surface area contributed by atoms with Crippen molar-refractivity contribution in [1.82, 2.24) is 9.80 Å². The third-order valence-corrected chi connectivity index (χ3v) is 6.76. The zero-order chi connectivity index (χ0) is 22.5. The van der Waals surface area contributed by atoms with Gasteiger partial charge >= 0.3 is 0 Å². The second-order valence-corrected chi connectivity index (χ2v) is 8.60. The van der Waals surface area contributed by atoms with Gasteiger partial charge in [-0.25, -0.2) is 8.78 Å². The largest absolute Gasteiger partial charge is 0.497 e. The van der Waals surface area contributed by atoms with E-state index in [1.54, 1.807) is 41.2 Å². The molecule has 1 spiro atoms. The second kappa shape index (κ2) is 7.85. The first-order valence-electron chi connectivity index (χ1n) is 10.8. The first-order chi connectivity index (χ1) is 15.4. The number of halogens is 2. The lowest BCUT2D eigenvalue weighted by atomic mass is 9.89. The average molecular weight is 442 g/mol. The standard InChI is InChI=1S/C24H24F2N2O4/c1-31-19-4-2-3-15(13-19)22(29)27-9-7-24(8-10-27)23(30)28-20(5-6-21(28)32-24)16-11-17(25)14-18(26)12-16/h2-4,11-14,20-21H,5-10H2,1H3. The van der Waals surface area contributed by atoms with Gasteiger partial charge in [-0.1, -0.05) is 6.07 Å². The monoisotopic (exact) mass is 442 g/mol. The van der Waals surface area contributed by atoms with Crippen LogP contribution >= 0.6 is 0 Å². The molecule has 2 atom stereocenters. The highest BCUT2D eigenvalue weighted by Gasteiger charge is 2.58. The second-order valence-electron chi connectivity index (χ2n) is 8.60. The number of carbonyl (C=O) groups is 2. The highest BCUT2D eigenvalue weighted by atomic mass is 19.1. The molecule has 2 aromatic carbocycles. The summed E-state index contributed by atoms with van der Waals surface area (Å²) < 4.78 is 39.0. The predicted molar refractivity (Wildman–Crippen MR) is 111 cm³/mol. The number of methoxy groups -OCH3 is 1. The van der Waals surface area contributed by atoms with Crippen molar-refractivity contribution in [2.45, 2.75) is 43.6 Å². The highest BCUT2D eigenvalue weighted by molar-refractivity contribution is 5.95. The Morgan fingerprint density at radius 3 is 2.50 bits per heavy atom. The lowest BCUT2D eigenvalue weighted by Gasteiger charge is -2.37. The van der Waals surface area contributed by atoms with Crippen LogP contribution in [0.2, 0.25) is 0 Å². The smallest absolute Gasteiger partial charge is 0.257 e. The number of hydrogen-bond acceptors (Lipinski definition) is 4. The number of nitrogens with zero attached hydrogens (tertiary/aromatic N) is 2. The number of carbonyl (C=O) groups excluding carboxylic acids is 2. The molecule has 2 aromatic rings. The predicted octanol–water partition coefficient (Wildman–Crippen LogP) is 3.67. The minimum Gasteiger partial charge on any atom is -0.497 e. The summed E-state index contributed by atoms with van der Waals surface area (Å²) in [4.78, 5) is 29.7. The molecule has 8 heteroatoms. The zero-order valence-electron chi connectivity index (χ0n) is 17.7. The molecular weight excluding hydrogens is 418 g/mol. The van der Waals surface area contributed by atoms with Gasteiger partial charge in [-0.15, -0.1) is 0 Å². The van der Waals surface area contributed by atoms with Crippen LogP contribution in [0, 0.1) is 11.6 Å². The lowest BCUT2D eigenvalue weighted by molar-refractivity contribution is -0.142. The molecule has 0 N–H and O–H groups in total. The number of benzene rings is 2. The van der Waals surface area contributed by atoms with Gasteiger partial charge in [0.1, 0.15) is 23.6 Å². The molecule has 3 saturated heterocycles. The van der Waals surface area contributed by atoms with Crippen molar-refractivity contribution < 1.29 is 27.8 Å². The quantitative estimate of drug-likeness (QED) is 0.728. The maximum atomic E-state index is 13.8. The number of ether oxygens (including phenoxy) is 2. The SMILES string of the molecule is COc1cccc(C(=O)N2CCC3(CC2)OC2CCC(c4cc(F)cc(F)c4)N2C3=O)c1. The summed E-state index contributed by atoms with van der Waals surface area (Å²) in [6.07, 6.45) is 1.58. The molecule has 3 aliphatic rings. The number of hydrogen-bond donors (Lipinski definition) is 0. The Bertz CT molecular complexity index is 1050. The van der Waals surface area contributed by atoms with Crippen molar-refractivity contribution in [2.75, 3.05) is 20.2 Å². The van der Waals surface area contributed by atoms with E-state index in [9.17, 15) is 18.4 Å². The van der Waals surface area contributed by atoms with E-state index in [0.29, 0.717) is 55.6 Å². The van der Waals surface area contributed by atoms with Gasteiger partial charge in [-0.2, -0.15) is 0 Å². The van der Waals surface area contributed by atoms with Crippen molar-refractivity contribution in [3.8, 4) is 5.75 Å². The first-order valence-corrected chi connectivity index (χ1v) is 10.8. The van der Waals surface area contributed by atoms with Crippen LogP contribution in [0.3, 0.4) is 0 Å². The number of fused-ring (bicyclic) bond motifs is 1. The maximum absolute atomic E-state index is 13.8. The van der Waals surface area contributed by atoms with Gasteiger partial charge in [-0.05, 0) is 48.7 Å². The summed E-state index contributed by atoms with van der Waals surface area (Å²) in [5, 5.41) is 0. The summed E-state index contributed by atoms with van der Waals surface area (Å²) in [5.41, 5.74) is -0.00203. The van der Waals surface area contributed by atoms with E-state index in [-0.39, 0.29) is 11.8 Å². The topological polar surface area (TPSA) is 59.1 Å². The third-order valence-electron chi connectivity index (χ3n) is 6.76. The molecule has 0 radical (unpaired) electrons. The van der Waals surface area contributed by atoms with Crippen molar-refractivity contribution in [1.29, 1.82) is 0 Å². The fourth-order valence-electron chi connectivity index (χ4n) is 5.15. The summed E-state index contributed by atoms with van der Waals surface area (Å²) in [6.45, 7) is 0.781. The van der Waals surface area contributed by atoms with Crippen LogP contribution in [0.25, 0.3) is 0 Å². The summed E-state index contributed by atoms with van der Waals surface area (Å²) in [6, 6.07) is 9.97. The minimum absolute atomic E-state index is 0.113. The molecule has 3 heterocycles. The molecular formula is C24H24F2N2O4. The van der Waals surface area contributed by atoms with Crippen molar-refractivity contribution >= 4 is 11.8 Å². The van der Waals surface area contributed by atoms with Crippen LogP contribution in [0.1, 0.15) is 47.6 Å². The molecule has 2 amide bonds. The Labute approximate surface area is 184 Å². The fourth-order valence-corrected chi connectivity index (χ4v) is 5.15.